The van der Waals surface area contributed by atoms with Crippen molar-refractivity contribution in [2.75, 3.05) is 30.3 Å². The lowest BCUT2D eigenvalue weighted by atomic mass is 9.92. The van der Waals surface area contributed by atoms with Crippen LogP contribution in [0.5, 0.6) is 0 Å². The number of aromatic nitrogens is 3. The number of furan rings is 1. The Bertz CT molecular complexity index is 898. The van der Waals surface area contributed by atoms with Gasteiger partial charge in [-0.25, -0.2) is 0 Å². The number of thioether (sulfide) groups is 1. The summed E-state index contributed by atoms with van der Waals surface area (Å²) in [7, 11) is 0. The second-order valence-electron chi connectivity index (χ2n) is 9.30. The molecular formula is C24H35N5O2S. The fraction of sp³-hybridized carbons (Fsp3) is 0.625. The highest BCUT2D eigenvalue weighted by Gasteiger charge is 2.27. The largest absolute Gasteiger partial charge is 0.467 e. The van der Waals surface area contributed by atoms with Crippen LogP contribution in [0.25, 0.3) is 0 Å². The van der Waals surface area contributed by atoms with Crippen LogP contribution in [-0.2, 0) is 11.3 Å². The second-order valence-corrected chi connectivity index (χ2v) is 10.2. The Morgan fingerprint density at radius 3 is 2.81 bits per heavy atom. The Morgan fingerprint density at radius 2 is 2.09 bits per heavy atom. The van der Waals surface area contributed by atoms with Gasteiger partial charge >= 0.3 is 0 Å². The first-order valence-corrected chi connectivity index (χ1v) is 12.8. The molecule has 1 aliphatic heterocycles. The summed E-state index contributed by atoms with van der Waals surface area (Å²) < 4.78 is 7.69. The van der Waals surface area contributed by atoms with Crippen LogP contribution in [-0.4, -0.2) is 46.1 Å². The summed E-state index contributed by atoms with van der Waals surface area (Å²) in [6, 6.07) is 3.86. The third-order valence-corrected chi connectivity index (χ3v) is 7.20. The number of nitrogens with zero attached hydrogens (tertiary/aromatic N) is 4. The zero-order valence-electron chi connectivity index (χ0n) is 19.3. The number of piperidine rings is 1. The van der Waals surface area contributed by atoms with Gasteiger partial charge in [-0.05, 0) is 62.5 Å². The number of anilines is 1. The maximum Gasteiger partial charge on any atom is 0.230 e. The Kier molecular flexibility index (Phi) is 7.95. The number of hydrogen-bond acceptors (Lipinski definition) is 6. The Hall–Kier alpha value is -2.22. The molecular weight excluding hydrogens is 422 g/mol. The average molecular weight is 458 g/mol. The molecule has 2 atom stereocenters. The van der Waals surface area contributed by atoms with Crippen LogP contribution in [0.4, 0.5) is 5.95 Å². The molecule has 0 radical (unpaired) electrons. The van der Waals surface area contributed by atoms with E-state index < -0.39 is 0 Å². The first kappa shape index (κ1) is 23.0. The SMILES string of the molecule is CC1CC(C)CN(c2nnc(SCC(=O)NCCC3=CCCCC3)n2Cc2ccco2)C1. The van der Waals surface area contributed by atoms with E-state index in [-0.39, 0.29) is 5.91 Å². The number of nitrogens with one attached hydrogen (secondary N) is 1. The molecule has 0 saturated carbocycles. The van der Waals surface area contributed by atoms with Gasteiger partial charge in [0.25, 0.3) is 0 Å². The molecule has 1 N–H and O–H groups in total. The fourth-order valence-corrected chi connectivity index (χ4v) is 5.58. The highest BCUT2D eigenvalue weighted by molar-refractivity contribution is 7.99. The molecule has 32 heavy (non-hydrogen) atoms. The maximum atomic E-state index is 12.4. The summed E-state index contributed by atoms with van der Waals surface area (Å²) in [6.07, 6.45) is 11.2. The molecule has 2 aliphatic rings. The van der Waals surface area contributed by atoms with Crippen molar-refractivity contribution in [2.45, 2.75) is 64.1 Å². The molecule has 3 heterocycles. The Morgan fingerprint density at radius 1 is 1.25 bits per heavy atom. The van der Waals surface area contributed by atoms with Crippen molar-refractivity contribution in [3.05, 3.63) is 35.8 Å². The third kappa shape index (κ3) is 6.18. The molecule has 0 bridgehead atoms. The standard InChI is InChI=1S/C24H35N5O2S/c1-18-13-19(2)15-28(14-18)23-26-27-24(29(23)16-21-9-6-12-31-21)32-17-22(30)25-11-10-20-7-4-3-5-8-20/h6-7,9,12,18-19H,3-5,8,10-11,13-17H2,1-2H3,(H,25,30). The van der Waals surface area contributed by atoms with Crippen molar-refractivity contribution in [1.82, 2.24) is 20.1 Å². The minimum absolute atomic E-state index is 0.0423. The van der Waals surface area contributed by atoms with Crippen molar-refractivity contribution in [1.29, 1.82) is 0 Å². The van der Waals surface area contributed by atoms with Gasteiger partial charge in [-0.3, -0.25) is 9.36 Å². The molecule has 1 fully saturated rings. The van der Waals surface area contributed by atoms with Gasteiger partial charge < -0.3 is 14.6 Å². The van der Waals surface area contributed by atoms with Crippen molar-refractivity contribution >= 4 is 23.6 Å². The van der Waals surface area contributed by atoms with E-state index in [4.69, 9.17) is 4.42 Å². The van der Waals surface area contributed by atoms with Gasteiger partial charge in [0.15, 0.2) is 5.16 Å². The van der Waals surface area contributed by atoms with Crippen LogP contribution < -0.4 is 10.2 Å². The molecule has 1 amide bonds. The van der Waals surface area contributed by atoms with Gasteiger partial charge in [-0.1, -0.05) is 37.3 Å². The van der Waals surface area contributed by atoms with Crippen LogP contribution in [0.2, 0.25) is 0 Å². The molecule has 7 nitrogen and oxygen atoms in total. The van der Waals surface area contributed by atoms with E-state index in [9.17, 15) is 4.79 Å². The minimum Gasteiger partial charge on any atom is -0.467 e. The lowest BCUT2D eigenvalue weighted by Gasteiger charge is -2.35. The highest BCUT2D eigenvalue weighted by atomic mass is 32.2. The van der Waals surface area contributed by atoms with Gasteiger partial charge in [-0.2, -0.15) is 0 Å². The smallest absolute Gasteiger partial charge is 0.230 e. The quantitative estimate of drug-likeness (QED) is 0.441. The molecule has 0 aromatic carbocycles. The fourth-order valence-electron chi connectivity index (χ4n) is 4.82. The van der Waals surface area contributed by atoms with Gasteiger partial charge in [0.2, 0.25) is 11.9 Å². The normalized spacial score (nSPS) is 21.4. The molecule has 8 heteroatoms. The number of carbonyl (C=O) groups excluding carboxylic acids is 1. The van der Waals surface area contributed by atoms with Crippen molar-refractivity contribution < 1.29 is 9.21 Å². The predicted octanol–water partition coefficient (Wildman–Crippen LogP) is 4.50. The Balaban J connectivity index is 1.38. The van der Waals surface area contributed by atoms with Gasteiger partial charge in [-0.15, -0.1) is 10.2 Å². The predicted molar refractivity (Wildman–Crippen MR) is 128 cm³/mol. The lowest BCUT2D eigenvalue weighted by molar-refractivity contribution is -0.118. The van der Waals surface area contributed by atoms with Crippen LogP contribution >= 0.6 is 11.8 Å². The third-order valence-electron chi connectivity index (χ3n) is 6.23. The van der Waals surface area contributed by atoms with Crippen molar-refractivity contribution in [2.24, 2.45) is 11.8 Å². The van der Waals surface area contributed by atoms with Gasteiger partial charge in [0.1, 0.15) is 5.76 Å². The summed E-state index contributed by atoms with van der Waals surface area (Å²) in [5.41, 5.74) is 1.48. The Labute approximate surface area is 195 Å². The number of carbonyl (C=O) groups is 1. The monoisotopic (exact) mass is 457 g/mol. The number of hydrogen-bond donors (Lipinski definition) is 1. The van der Waals surface area contributed by atoms with E-state index in [1.54, 1.807) is 6.26 Å². The van der Waals surface area contributed by atoms with E-state index in [1.165, 1.54) is 49.4 Å². The van der Waals surface area contributed by atoms with E-state index in [0.29, 0.717) is 30.7 Å². The molecule has 2 aromatic heterocycles. The lowest BCUT2D eigenvalue weighted by Crippen LogP contribution is -2.40. The zero-order valence-corrected chi connectivity index (χ0v) is 20.1. The molecule has 1 aliphatic carbocycles. The topological polar surface area (TPSA) is 76.2 Å². The summed E-state index contributed by atoms with van der Waals surface area (Å²) >= 11 is 1.44. The first-order valence-electron chi connectivity index (χ1n) is 11.9. The van der Waals surface area contributed by atoms with Crippen LogP contribution in [0, 0.1) is 11.8 Å². The first-order chi connectivity index (χ1) is 15.6. The van der Waals surface area contributed by atoms with E-state index in [2.05, 4.69) is 44.9 Å². The molecule has 2 aromatic rings. The minimum atomic E-state index is 0.0423. The molecule has 0 spiro atoms. The number of allylic oxidation sites excluding steroid dienone is 1. The highest BCUT2D eigenvalue weighted by Crippen LogP contribution is 2.29. The molecule has 4 rings (SSSR count). The summed E-state index contributed by atoms with van der Waals surface area (Å²) in [5.74, 6) is 3.34. The van der Waals surface area contributed by atoms with E-state index >= 15 is 0 Å². The van der Waals surface area contributed by atoms with Crippen LogP contribution in [0.1, 0.15) is 58.1 Å². The maximum absolute atomic E-state index is 12.4. The summed E-state index contributed by atoms with van der Waals surface area (Å²) in [5, 5.41) is 12.8. The van der Waals surface area contributed by atoms with E-state index in [0.717, 1.165) is 36.4 Å². The number of amides is 1. The second kappa shape index (κ2) is 11.1. The summed E-state index contributed by atoms with van der Waals surface area (Å²) in [6.45, 7) is 7.80. The molecule has 174 valence electrons. The molecule has 2 unspecified atom stereocenters. The average Bonchev–Trinajstić information content (AvgIpc) is 3.43. The van der Waals surface area contributed by atoms with Gasteiger partial charge in [0.05, 0.1) is 18.6 Å². The van der Waals surface area contributed by atoms with Crippen molar-refractivity contribution in [3.63, 3.8) is 0 Å². The molecule has 1 saturated heterocycles. The van der Waals surface area contributed by atoms with Crippen LogP contribution in [0.15, 0.2) is 39.6 Å². The zero-order chi connectivity index (χ0) is 22.3. The van der Waals surface area contributed by atoms with Crippen molar-refractivity contribution in [3.8, 4) is 0 Å². The van der Waals surface area contributed by atoms with Gasteiger partial charge in [0, 0.05) is 19.6 Å². The summed E-state index contributed by atoms with van der Waals surface area (Å²) in [4.78, 5) is 14.8. The number of rotatable bonds is 9. The van der Waals surface area contributed by atoms with E-state index in [1.807, 2.05) is 12.1 Å². The van der Waals surface area contributed by atoms with Crippen LogP contribution in [0.3, 0.4) is 0 Å².